The summed E-state index contributed by atoms with van der Waals surface area (Å²) in [5, 5.41) is 9.82. The maximum atomic E-state index is 14.2. The van der Waals surface area contributed by atoms with Gasteiger partial charge in [0.2, 0.25) is 0 Å². The standard InChI is InChI=1S/C15H22FNO2/c1-11(18)12-6-4-7-13(16)14(12)17-9-5-8-15(2,10-17)19-3/h4,6-7,11,18H,5,8-10H2,1-3H3. The molecule has 0 bridgehead atoms. The Balaban J connectivity index is 2.36. The molecule has 2 rings (SSSR count). The number of piperidine rings is 1. The molecule has 2 unspecified atom stereocenters. The van der Waals surface area contributed by atoms with Crippen LogP contribution in [-0.2, 0) is 4.74 Å². The van der Waals surface area contributed by atoms with Crippen molar-refractivity contribution >= 4 is 5.69 Å². The van der Waals surface area contributed by atoms with Crippen molar-refractivity contribution in [3.05, 3.63) is 29.6 Å². The summed E-state index contributed by atoms with van der Waals surface area (Å²) in [5.74, 6) is -0.279. The molecule has 0 saturated carbocycles. The van der Waals surface area contributed by atoms with Crippen molar-refractivity contribution in [3.63, 3.8) is 0 Å². The molecule has 1 aromatic carbocycles. The Morgan fingerprint density at radius 3 is 2.84 bits per heavy atom. The summed E-state index contributed by atoms with van der Waals surface area (Å²) in [4.78, 5) is 1.99. The number of nitrogens with zero attached hydrogens (tertiary/aromatic N) is 1. The fourth-order valence-electron chi connectivity index (χ4n) is 2.77. The highest BCUT2D eigenvalue weighted by Gasteiger charge is 2.33. The van der Waals surface area contributed by atoms with Crippen LogP contribution in [0.1, 0.15) is 38.4 Å². The summed E-state index contributed by atoms with van der Waals surface area (Å²) in [6.07, 6.45) is 1.25. The minimum absolute atomic E-state index is 0.253. The molecular formula is C15H22FNO2. The molecule has 1 aromatic rings. The van der Waals surface area contributed by atoms with Gasteiger partial charge in [-0.15, -0.1) is 0 Å². The third-order valence-electron chi connectivity index (χ3n) is 3.94. The lowest BCUT2D eigenvalue weighted by atomic mass is 9.93. The lowest BCUT2D eigenvalue weighted by molar-refractivity contribution is -0.00488. The number of ether oxygens (including phenoxy) is 1. The maximum Gasteiger partial charge on any atom is 0.146 e. The summed E-state index contributed by atoms with van der Waals surface area (Å²) >= 11 is 0. The van der Waals surface area contributed by atoms with Crippen LogP contribution in [0.5, 0.6) is 0 Å². The van der Waals surface area contributed by atoms with E-state index in [1.165, 1.54) is 6.07 Å². The summed E-state index contributed by atoms with van der Waals surface area (Å²) in [7, 11) is 1.69. The van der Waals surface area contributed by atoms with Gasteiger partial charge in [0.1, 0.15) is 5.82 Å². The fourth-order valence-corrected chi connectivity index (χ4v) is 2.77. The summed E-state index contributed by atoms with van der Waals surface area (Å²) in [6, 6.07) is 4.86. The zero-order valence-corrected chi connectivity index (χ0v) is 11.8. The molecule has 0 amide bonds. The Labute approximate surface area is 114 Å². The van der Waals surface area contributed by atoms with Crippen LogP contribution in [0.3, 0.4) is 0 Å². The smallest absolute Gasteiger partial charge is 0.146 e. The molecule has 106 valence electrons. The van der Waals surface area contributed by atoms with E-state index in [4.69, 9.17) is 4.74 Å². The molecule has 1 saturated heterocycles. The summed E-state index contributed by atoms with van der Waals surface area (Å²) in [5.41, 5.74) is 0.900. The number of hydrogen-bond acceptors (Lipinski definition) is 3. The SMILES string of the molecule is COC1(C)CCCN(c2c(F)cccc2C(C)O)C1. The van der Waals surface area contributed by atoms with Gasteiger partial charge in [0.15, 0.2) is 0 Å². The maximum absolute atomic E-state index is 14.2. The normalized spacial score (nSPS) is 25.4. The predicted octanol–water partition coefficient (Wildman–Crippen LogP) is 2.88. The van der Waals surface area contributed by atoms with Crippen molar-refractivity contribution in [2.45, 2.75) is 38.4 Å². The van der Waals surface area contributed by atoms with E-state index in [9.17, 15) is 9.50 Å². The van der Waals surface area contributed by atoms with Gasteiger partial charge in [0.05, 0.1) is 17.4 Å². The van der Waals surface area contributed by atoms with Gasteiger partial charge in [0, 0.05) is 25.8 Å². The number of rotatable bonds is 3. The first-order chi connectivity index (χ1) is 8.97. The van der Waals surface area contributed by atoms with Gasteiger partial charge in [-0.2, -0.15) is 0 Å². The Bertz CT molecular complexity index is 450. The van der Waals surface area contributed by atoms with Gasteiger partial charge in [-0.25, -0.2) is 4.39 Å². The van der Waals surface area contributed by atoms with Crippen LogP contribution in [0.25, 0.3) is 0 Å². The van der Waals surface area contributed by atoms with E-state index in [1.807, 2.05) is 11.8 Å². The number of methoxy groups -OCH3 is 1. The van der Waals surface area contributed by atoms with Crippen molar-refractivity contribution in [2.75, 3.05) is 25.1 Å². The van der Waals surface area contributed by atoms with Gasteiger partial charge in [0.25, 0.3) is 0 Å². The highest BCUT2D eigenvalue weighted by atomic mass is 19.1. The molecule has 2 atom stereocenters. The predicted molar refractivity (Wildman–Crippen MR) is 73.9 cm³/mol. The van der Waals surface area contributed by atoms with E-state index in [0.717, 1.165) is 19.4 Å². The number of aliphatic hydroxyl groups is 1. The molecule has 3 nitrogen and oxygen atoms in total. The molecule has 1 heterocycles. The van der Waals surface area contributed by atoms with Gasteiger partial charge in [-0.3, -0.25) is 0 Å². The van der Waals surface area contributed by atoms with E-state index < -0.39 is 6.10 Å². The Hall–Kier alpha value is -1.13. The fraction of sp³-hybridized carbons (Fsp3) is 0.600. The third kappa shape index (κ3) is 2.90. The van der Waals surface area contributed by atoms with Gasteiger partial charge in [-0.05, 0) is 32.8 Å². The summed E-state index contributed by atoms with van der Waals surface area (Å²) in [6.45, 7) is 5.14. The molecule has 19 heavy (non-hydrogen) atoms. The molecule has 0 radical (unpaired) electrons. The second-order valence-electron chi connectivity index (χ2n) is 5.53. The van der Waals surface area contributed by atoms with Gasteiger partial charge in [-0.1, -0.05) is 12.1 Å². The number of anilines is 1. The Kier molecular flexibility index (Phi) is 4.11. The zero-order chi connectivity index (χ0) is 14.0. The number of hydrogen-bond donors (Lipinski definition) is 1. The average Bonchev–Trinajstić information content (AvgIpc) is 2.38. The molecule has 1 aliphatic heterocycles. The van der Waals surface area contributed by atoms with Crippen LogP contribution in [0.2, 0.25) is 0 Å². The van der Waals surface area contributed by atoms with Crippen LogP contribution >= 0.6 is 0 Å². The van der Waals surface area contributed by atoms with E-state index in [-0.39, 0.29) is 11.4 Å². The van der Waals surface area contributed by atoms with E-state index in [1.54, 1.807) is 26.2 Å². The van der Waals surface area contributed by atoms with Gasteiger partial charge >= 0.3 is 0 Å². The first-order valence-corrected chi connectivity index (χ1v) is 6.73. The van der Waals surface area contributed by atoms with E-state index in [0.29, 0.717) is 17.8 Å². The van der Waals surface area contributed by atoms with Crippen LogP contribution in [0.15, 0.2) is 18.2 Å². The largest absolute Gasteiger partial charge is 0.389 e. The monoisotopic (exact) mass is 267 g/mol. The molecule has 0 aliphatic carbocycles. The van der Waals surface area contributed by atoms with Crippen molar-refractivity contribution < 1.29 is 14.2 Å². The first-order valence-electron chi connectivity index (χ1n) is 6.73. The van der Waals surface area contributed by atoms with Crippen molar-refractivity contribution in [1.29, 1.82) is 0 Å². The average molecular weight is 267 g/mol. The van der Waals surface area contributed by atoms with Crippen molar-refractivity contribution in [3.8, 4) is 0 Å². The second kappa shape index (κ2) is 5.47. The number of benzene rings is 1. The lowest BCUT2D eigenvalue weighted by Crippen LogP contribution is -2.48. The molecule has 4 heteroatoms. The zero-order valence-electron chi connectivity index (χ0n) is 11.8. The first kappa shape index (κ1) is 14.3. The lowest BCUT2D eigenvalue weighted by Gasteiger charge is -2.41. The topological polar surface area (TPSA) is 32.7 Å². The van der Waals surface area contributed by atoms with Crippen molar-refractivity contribution in [1.82, 2.24) is 0 Å². The highest BCUT2D eigenvalue weighted by Crippen LogP contribution is 2.34. The molecule has 1 N–H and O–H groups in total. The van der Waals surface area contributed by atoms with Crippen LogP contribution in [-0.4, -0.2) is 30.9 Å². The van der Waals surface area contributed by atoms with Crippen LogP contribution < -0.4 is 4.90 Å². The van der Waals surface area contributed by atoms with Gasteiger partial charge < -0.3 is 14.7 Å². The third-order valence-corrected chi connectivity index (χ3v) is 3.94. The minimum atomic E-state index is -0.679. The molecule has 1 aliphatic rings. The van der Waals surface area contributed by atoms with Crippen LogP contribution in [0, 0.1) is 5.82 Å². The second-order valence-corrected chi connectivity index (χ2v) is 5.53. The molecule has 0 spiro atoms. The number of halogens is 1. The van der Waals surface area contributed by atoms with E-state index in [2.05, 4.69) is 0 Å². The van der Waals surface area contributed by atoms with Crippen molar-refractivity contribution in [2.24, 2.45) is 0 Å². The molecule has 0 aromatic heterocycles. The quantitative estimate of drug-likeness (QED) is 0.914. The minimum Gasteiger partial charge on any atom is -0.389 e. The number of para-hydroxylation sites is 1. The highest BCUT2D eigenvalue weighted by molar-refractivity contribution is 5.56. The summed E-state index contributed by atoms with van der Waals surface area (Å²) < 4.78 is 19.7. The number of aliphatic hydroxyl groups excluding tert-OH is 1. The van der Waals surface area contributed by atoms with E-state index >= 15 is 0 Å². The Morgan fingerprint density at radius 1 is 1.47 bits per heavy atom. The van der Waals surface area contributed by atoms with Crippen LogP contribution in [0.4, 0.5) is 10.1 Å². The molecular weight excluding hydrogens is 245 g/mol. The Morgan fingerprint density at radius 2 is 2.21 bits per heavy atom. The molecule has 1 fully saturated rings.